The lowest BCUT2D eigenvalue weighted by Gasteiger charge is -2.24. The van der Waals surface area contributed by atoms with Crippen molar-refractivity contribution in [2.24, 2.45) is 0 Å². The molecule has 0 spiro atoms. The van der Waals surface area contributed by atoms with Crippen LogP contribution < -0.4 is 4.89 Å². The van der Waals surface area contributed by atoms with Gasteiger partial charge in [-0.3, -0.25) is 0 Å². The standard InChI is InChI=1S/C16H25IO2/c1-10(2)12-8-9-13(17)15(14(12)11(3)4)18-19-16(5,6)7/h8-11H,1-7H3. The summed E-state index contributed by atoms with van der Waals surface area (Å²) in [4.78, 5) is 11.2. The van der Waals surface area contributed by atoms with Gasteiger partial charge in [0.1, 0.15) is 5.60 Å². The van der Waals surface area contributed by atoms with E-state index in [1.165, 1.54) is 11.1 Å². The van der Waals surface area contributed by atoms with Gasteiger partial charge in [-0.05, 0) is 66.8 Å². The van der Waals surface area contributed by atoms with Gasteiger partial charge in [-0.25, -0.2) is 0 Å². The minimum atomic E-state index is -0.314. The van der Waals surface area contributed by atoms with Crippen LogP contribution in [-0.2, 0) is 4.89 Å². The fourth-order valence-corrected chi connectivity index (χ4v) is 2.50. The molecule has 0 fully saturated rings. The monoisotopic (exact) mass is 376 g/mol. The highest BCUT2D eigenvalue weighted by molar-refractivity contribution is 14.1. The zero-order valence-electron chi connectivity index (χ0n) is 13.0. The lowest BCUT2D eigenvalue weighted by atomic mass is 9.90. The van der Waals surface area contributed by atoms with Crippen LogP contribution in [-0.4, -0.2) is 5.60 Å². The van der Waals surface area contributed by atoms with Gasteiger partial charge in [0.05, 0.1) is 3.57 Å². The summed E-state index contributed by atoms with van der Waals surface area (Å²) >= 11 is 2.31. The number of hydrogen-bond acceptors (Lipinski definition) is 2. The van der Waals surface area contributed by atoms with Crippen LogP contribution >= 0.6 is 22.6 Å². The molecule has 0 aliphatic carbocycles. The molecule has 1 rings (SSSR count). The van der Waals surface area contributed by atoms with Crippen LogP contribution in [0.5, 0.6) is 5.75 Å². The van der Waals surface area contributed by atoms with E-state index in [1.54, 1.807) is 0 Å². The average Bonchev–Trinajstić information content (AvgIpc) is 2.24. The summed E-state index contributed by atoms with van der Waals surface area (Å²) < 4.78 is 1.09. The van der Waals surface area contributed by atoms with Crippen molar-refractivity contribution in [3.05, 3.63) is 26.8 Å². The summed E-state index contributed by atoms with van der Waals surface area (Å²) in [5.41, 5.74) is 2.28. The molecular weight excluding hydrogens is 351 g/mol. The van der Waals surface area contributed by atoms with Gasteiger partial charge in [0.25, 0.3) is 0 Å². The lowest BCUT2D eigenvalue weighted by Crippen LogP contribution is -2.22. The molecule has 1 aromatic rings. The molecule has 3 heteroatoms. The molecule has 0 aliphatic heterocycles. The summed E-state index contributed by atoms with van der Waals surface area (Å²) in [5, 5.41) is 0. The molecule has 0 unspecified atom stereocenters. The number of rotatable bonds is 4. The zero-order valence-corrected chi connectivity index (χ0v) is 15.2. The number of hydrogen-bond donors (Lipinski definition) is 0. The molecular formula is C16H25IO2. The van der Waals surface area contributed by atoms with E-state index in [1.807, 2.05) is 20.8 Å². The third-order valence-corrected chi connectivity index (χ3v) is 3.61. The summed E-state index contributed by atoms with van der Waals surface area (Å²) in [6.45, 7) is 14.8. The first-order valence-electron chi connectivity index (χ1n) is 6.81. The molecule has 0 N–H and O–H groups in total. The predicted octanol–water partition coefficient (Wildman–Crippen LogP) is 5.65. The Morgan fingerprint density at radius 2 is 1.58 bits per heavy atom. The van der Waals surface area contributed by atoms with E-state index in [0.29, 0.717) is 11.8 Å². The van der Waals surface area contributed by atoms with E-state index >= 15 is 0 Å². The highest BCUT2D eigenvalue weighted by Gasteiger charge is 2.21. The Kier molecular flexibility index (Phi) is 5.68. The van der Waals surface area contributed by atoms with E-state index < -0.39 is 0 Å². The molecule has 0 aliphatic rings. The van der Waals surface area contributed by atoms with E-state index in [9.17, 15) is 0 Å². The summed E-state index contributed by atoms with van der Waals surface area (Å²) in [5.74, 6) is 1.76. The number of benzene rings is 1. The SMILES string of the molecule is CC(C)c1ccc(I)c(OOC(C)(C)C)c1C(C)C. The first kappa shape index (κ1) is 16.8. The maximum Gasteiger partial charge on any atom is 0.182 e. The minimum absolute atomic E-state index is 0.314. The van der Waals surface area contributed by atoms with Crippen LogP contribution in [0, 0.1) is 3.57 Å². The minimum Gasteiger partial charge on any atom is -0.336 e. The first-order valence-corrected chi connectivity index (χ1v) is 7.89. The van der Waals surface area contributed by atoms with Crippen molar-refractivity contribution in [3.63, 3.8) is 0 Å². The molecule has 0 atom stereocenters. The van der Waals surface area contributed by atoms with Gasteiger partial charge >= 0.3 is 0 Å². The quantitative estimate of drug-likeness (QED) is 0.384. The molecule has 0 saturated heterocycles. The molecule has 1 aromatic carbocycles. The third-order valence-electron chi connectivity index (χ3n) is 2.76. The molecule has 0 amide bonds. The van der Waals surface area contributed by atoms with Gasteiger partial charge in [0, 0.05) is 5.56 Å². The van der Waals surface area contributed by atoms with Crippen molar-refractivity contribution in [2.45, 2.75) is 65.9 Å². The maximum absolute atomic E-state index is 5.68. The highest BCUT2D eigenvalue weighted by Crippen LogP contribution is 2.38. The second-order valence-corrected chi connectivity index (χ2v) is 7.63. The Hall–Kier alpha value is -0.290. The Morgan fingerprint density at radius 1 is 1.00 bits per heavy atom. The van der Waals surface area contributed by atoms with Crippen LogP contribution in [0.2, 0.25) is 0 Å². The van der Waals surface area contributed by atoms with Gasteiger partial charge in [0.15, 0.2) is 5.75 Å². The molecule has 108 valence electrons. The molecule has 0 radical (unpaired) electrons. The molecule has 0 aromatic heterocycles. The first-order chi connectivity index (χ1) is 8.63. The second-order valence-electron chi connectivity index (χ2n) is 6.47. The van der Waals surface area contributed by atoms with Crippen LogP contribution in [0.25, 0.3) is 0 Å². The van der Waals surface area contributed by atoms with Crippen LogP contribution in [0.1, 0.15) is 71.4 Å². The normalized spacial score (nSPS) is 12.3. The van der Waals surface area contributed by atoms with Gasteiger partial charge in [0.2, 0.25) is 0 Å². The third kappa shape index (κ3) is 4.63. The topological polar surface area (TPSA) is 18.5 Å². The largest absolute Gasteiger partial charge is 0.336 e. The molecule has 0 saturated carbocycles. The Balaban J connectivity index is 3.23. The van der Waals surface area contributed by atoms with Crippen molar-refractivity contribution >= 4 is 22.6 Å². The molecule has 2 nitrogen and oxygen atoms in total. The predicted molar refractivity (Wildman–Crippen MR) is 88.8 cm³/mol. The fourth-order valence-electron chi connectivity index (χ4n) is 1.94. The van der Waals surface area contributed by atoms with Gasteiger partial charge in [-0.2, -0.15) is 4.89 Å². The fraction of sp³-hybridized carbons (Fsp3) is 0.625. The van der Waals surface area contributed by atoms with Gasteiger partial charge < -0.3 is 4.89 Å². The van der Waals surface area contributed by atoms with Crippen molar-refractivity contribution < 1.29 is 9.78 Å². The van der Waals surface area contributed by atoms with Crippen LogP contribution in [0.15, 0.2) is 12.1 Å². The Morgan fingerprint density at radius 3 is 2.00 bits per heavy atom. The lowest BCUT2D eigenvalue weighted by molar-refractivity contribution is -0.275. The van der Waals surface area contributed by atoms with Crippen LogP contribution in [0.3, 0.4) is 0 Å². The zero-order chi connectivity index (χ0) is 14.8. The molecule has 0 bridgehead atoms. The van der Waals surface area contributed by atoms with E-state index in [-0.39, 0.29) is 5.60 Å². The maximum atomic E-state index is 5.68. The number of halogens is 1. The van der Waals surface area contributed by atoms with E-state index in [4.69, 9.17) is 9.78 Å². The summed E-state index contributed by atoms with van der Waals surface area (Å²) in [6, 6.07) is 4.30. The average molecular weight is 376 g/mol. The van der Waals surface area contributed by atoms with E-state index in [2.05, 4.69) is 62.4 Å². The van der Waals surface area contributed by atoms with Gasteiger partial charge in [-0.1, -0.05) is 33.8 Å². The van der Waals surface area contributed by atoms with Crippen molar-refractivity contribution in [1.29, 1.82) is 0 Å². The second kappa shape index (κ2) is 6.44. The highest BCUT2D eigenvalue weighted by atomic mass is 127. The molecule has 19 heavy (non-hydrogen) atoms. The smallest absolute Gasteiger partial charge is 0.182 e. The van der Waals surface area contributed by atoms with Crippen molar-refractivity contribution in [1.82, 2.24) is 0 Å². The van der Waals surface area contributed by atoms with Crippen molar-refractivity contribution in [2.75, 3.05) is 0 Å². The van der Waals surface area contributed by atoms with Crippen LogP contribution in [0.4, 0.5) is 0 Å². The summed E-state index contributed by atoms with van der Waals surface area (Å²) in [7, 11) is 0. The summed E-state index contributed by atoms with van der Waals surface area (Å²) in [6.07, 6.45) is 0. The van der Waals surface area contributed by atoms with Crippen molar-refractivity contribution in [3.8, 4) is 5.75 Å². The molecule has 0 heterocycles. The Bertz CT molecular complexity index is 431. The van der Waals surface area contributed by atoms with E-state index in [0.717, 1.165) is 9.32 Å². The Labute approximate surface area is 130 Å². The van der Waals surface area contributed by atoms with Gasteiger partial charge in [-0.15, -0.1) is 0 Å².